The van der Waals surface area contributed by atoms with Crippen molar-refractivity contribution in [2.45, 2.75) is 139 Å². The summed E-state index contributed by atoms with van der Waals surface area (Å²) in [5, 5.41) is 27.0. The maximum Gasteiger partial charge on any atom is 0.309 e. The van der Waals surface area contributed by atoms with Crippen molar-refractivity contribution in [3.05, 3.63) is 46.0 Å². The minimum atomic E-state index is -2.77. The molecule has 0 bridgehead atoms. The molecule has 5 saturated carbocycles. The lowest BCUT2D eigenvalue weighted by molar-refractivity contribution is -0.238. The van der Waals surface area contributed by atoms with E-state index in [4.69, 9.17) is 19.1 Å². The zero-order valence-corrected chi connectivity index (χ0v) is 37.2. The van der Waals surface area contributed by atoms with E-state index in [2.05, 4.69) is 45.3 Å². The van der Waals surface area contributed by atoms with Crippen molar-refractivity contribution in [3.63, 3.8) is 0 Å². The number of Topliss-reactive ketones (excluding diaryl/α,β-unsaturated/α-hetero) is 1. The van der Waals surface area contributed by atoms with Gasteiger partial charge in [-0.05, 0) is 133 Å². The van der Waals surface area contributed by atoms with Crippen LogP contribution in [0.2, 0.25) is 5.02 Å². The molecule has 5 fully saturated rings. The van der Waals surface area contributed by atoms with E-state index in [1.54, 1.807) is 0 Å². The number of rotatable bonds is 10. The van der Waals surface area contributed by atoms with Crippen molar-refractivity contribution in [1.82, 2.24) is 10.6 Å². The molecule has 0 heterocycles. The molecule has 59 heavy (non-hydrogen) atoms. The van der Waals surface area contributed by atoms with Gasteiger partial charge in [0.2, 0.25) is 5.91 Å². The molecule has 11 heteroatoms. The van der Waals surface area contributed by atoms with Gasteiger partial charge in [-0.15, -0.1) is 0 Å². The molecule has 324 valence electrons. The monoisotopic (exact) mass is 836 g/mol. The van der Waals surface area contributed by atoms with Gasteiger partial charge in [-0.1, -0.05) is 79.5 Å². The number of hydrogen-bond donors (Lipinski definition) is 4. The standard InChI is InChI=1S/C48H67ClN2O8/c1-26(2)38-32(52)23-48(35(53)24-50-37(54)25-51-40(55)27-10-12-28(49)13-11-27)21-20-46(8)29(39(38)48)14-15-34-45(7)18-17-36(44(5,6)33(45)16-19-47(34,46)9)59-42(58)31-22-30(41(56)57)43(31,3)4/h10-13,26,29-31,33-36,53H,14-25H2,1-9H3,(H,50,54)(H,51,55)(H,56,57)/t29-,30+,31-,33+,34-,35+,36+,45+,46-,47-,48+/m1/s1/i25D2. The van der Waals surface area contributed by atoms with E-state index in [9.17, 15) is 34.2 Å². The van der Waals surface area contributed by atoms with Crippen molar-refractivity contribution >= 4 is 41.1 Å². The lowest BCUT2D eigenvalue weighted by atomic mass is 9.33. The minimum Gasteiger partial charge on any atom is -0.481 e. The number of hydrogen-bond acceptors (Lipinski definition) is 7. The Morgan fingerprint density at radius 1 is 0.864 bits per heavy atom. The fourth-order valence-corrected chi connectivity index (χ4v) is 14.6. The largest absolute Gasteiger partial charge is 0.481 e. The van der Waals surface area contributed by atoms with Gasteiger partial charge in [-0.3, -0.25) is 24.0 Å². The first kappa shape index (κ1) is 41.1. The average molecular weight is 838 g/mol. The van der Waals surface area contributed by atoms with Crippen LogP contribution in [0.1, 0.15) is 140 Å². The summed E-state index contributed by atoms with van der Waals surface area (Å²) < 4.78 is 23.2. The summed E-state index contributed by atoms with van der Waals surface area (Å²) in [7, 11) is 0. The first-order valence-corrected chi connectivity index (χ1v) is 22.3. The van der Waals surface area contributed by atoms with E-state index in [0.717, 1.165) is 56.1 Å². The van der Waals surface area contributed by atoms with E-state index in [1.165, 1.54) is 24.3 Å². The molecule has 4 N–H and O–H groups in total. The Bertz CT molecular complexity index is 2030. The van der Waals surface area contributed by atoms with E-state index < -0.39 is 53.1 Å². The summed E-state index contributed by atoms with van der Waals surface area (Å²) in [4.78, 5) is 65.7. The highest BCUT2D eigenvalue weighted by Crippen LogP contribution is 2.77. The second-order valence-corrected chi connectivity index (χ2v) is 21.9. The first-order valence-electron chi connectivity index (χ1n) is 22.9. The number of esters is 1. The number of benzene rings is 1. The molecule has 6 aliphatic rings. The summed E-state index contributed by atoms with van der Waals surface area (Å²) in [5.41, 5.74) is -0.189. The van der Waals surface area contributed by atoms with Gasteiger partial charge in [0.15, 0.2) is 5.78 Å². The fraction of sp³-hybridized carbons (Fsp3) is 0.729. The van der Waals surface area contributed by atoms with Gasteiger partial charge < -0.3 is 25.6 Å². The SMILES string of the molecule is [2H]C([2H])(NC(=O)c1ccc(Cl)cc1)C(=O)NC[C@H](O)[C@@]12CC[C@]3(C)[C@H](CC[C@@H]4[C@@]5(C)CC[C@H](OC(=O)[C@H]6C[C@@H](C(=O)O)C6(C)C)C(C)(C)[C@@H]5CC[C@]43C)C1=C(C(C)C)C(=O)C2. The first-order chi connectivity index (χ1) is 28.2. The number of aliphatic hydroxyl groups is 1. The lowest BCUT2D eigenvalue weighted by Crippen LogP contribution is -2.66. The molecule has 1 aromatic carbocycles. The Kier molecular flexibility index (Phi) is 10.4. The topological polar surface area (TPSA) is 159 Å². The van der Waals surface area contributed by atoms with Gasteiger partial charge in [0, 0.05) is 34.4 Å². The smallest absolute Gasteiger partial charge is 0.309 e. The summed E-state index contributed by atoms with van der Waals surface area (Å²) in [6.45, 7) is 16.6. The number of carboxylic acid groups (broad SMARTS) is 1. The molecule has 2 amide bonds. The Hall–Kier alpha value is -3.24. The van der Waals surface area contributed by atoms with Crippen molar-refractivity contribution in [2.75, 3.05) is 13.0 Å². The van der Waals surface area contributed by atoms with Gasteiger partial charge in [-0.25, -0.2) is 0 Å². The number of allylic oxidation sites excluding steroid dienone is 1. The zero-order chi connectivity index (χ0) is 45.0. The van der Waals surface area contributed by atoms with Gasteiger partial charge in [0.1, 0.15) is 6.10 Å². The Balaban J connectivity index is 1.10. The van der Waals surface area contributed by atoms with Crippen molar-refractivity contribution in [2.24, 2.45) is 68.0 Å². The zero-order valence-electron chi connectivity index (χ0n) is 38.4. The number of ether oxygens (including phenoxy) is 1. The molecule has 0 radical (unpaired) electrons. The molecule has 0 unspecified atom stereocenters. The van der Waals surface area contributed by atoms with Crippen LogP contribution in [0.25, 0.3) is 0 Å². The highest BCUT2D eigenvalue weighted by atomic mass is 35.5. The van der Waals surface area contributed by atoms with Crippen LogP contribution in [0.5, 0.6) is 0 Å². The molecular weight excluding hydrogens is 768 g/mol. The van der Waals surface area contributed by atoms with Crippen LogP contribution in [-0.2, 0) is 23.9 Å². The quantitative estimate of drug-likeness (QED) is 0.172. The van der Waals surface area contributed by atoms with Crippen molar-refractivity contribution < 1.29 is 41.7 Å². The van der Waals surface area contributed by atoms with Crippen LogP contribution in [-0.4, -0.2) is 65.0 Å². The van der Waals surface area contributed by atoms with Crippen LogP contribution in [0.15, 0.2) is 35.4 Å². The molecule has 10 nitrogen and oxygen atoms in total. The predicted molar refractivity (Wildman–Crippen MR) is 225 cm³/mol. The van der Waals surface area contributed by atoms with Gasteiger partial charge in [0.25, 0.3) is 5.91 Å². The molecular formula is C48H67ClN2O8. The molecule has 0 saturated heterocycles. The maximum absolute atomic E-state index is 14.1. The number of aliphatic carboxylic acids is 1. The van der Waals surface area contributed by atoms with Gasteiger partial charge in [0.05, 0.1) is 27.2 Å². The van der Waals surface area contributed by atoms with Crippen molar-refractivity contribution in [1.29, 1.82) is 0 Å². The summed E-state index contributed by atoms with van der Waals surface area (Å²) >= 11 is 5.93. The third-order valence-corrected chi connectivity index (χ3v) is 18.3. The van der Waals surface area contributed by atoms with Crippen LogP contribution in [0, 0.1) is 68.0 Å². The average Bonchev–Trinajstić information content (AvgIpc) is 3.47. The number of carbonyl (C=O) groups excluding carboxylic acids is 4. The molecule has 0 aromatic heterocycles. The van der Waals surface area contributed by atoms with E-state index in [-0.39, 0.29) is 69.9 Å². The number of ketones is 1. The third kappa shape index (κ3) is 6.71. The minimum absolute atomic E-state index is 0.0292. The number of nitrogens with one attached hydrogen (secondary N) is 2. The second kappa shape index (κ2) is 15.0. The lowest BCUT2D eigenvalue weighted by Gasteiger charge is -2.72. The van der Waals surface area contributed by atoms with Crippen LogP contribution in [0.3, 0.4) is 0 Å². The van der Waals surface area contributed by atoms with Crippen molar-refractivity contribution in [3.8, 4) is 0 Å². The fourth-order valence-electron chi connectivity index (χ4n) is 14.5. The predicted octanol–water partition coefficient (Wildman–Crippen LogP) is 8.19. The Morgan fingerprint density at radius 2 is 1.54 bits per heavy atom. The van der Waals surface area contributed by atoms with Gasteiger partial charge in [-0.2, -0.15) is 0 Å². The van der Waals surface area contributed by atoms with Crippen LogP contribution in [0.4, 0.5) is 0 Å². The molecule has 0 aliphatic heterocycles. The number of fused-ring (bicyclic) bond motifs is 7. The Morgan fingerprint density at radius 3 is 2.17 bits per heavy atom. The second-order valence-electron chi connectivity index (χ2n) is 21.5. The third-order valence-electron chi connectivity index (χ3n) is 18.0. The summed E-state index contributed by atoms with van der Waals surface area (Å²) in [6, 6.07) is 5.87. The van der Waals surface area contributed by atoms with Crippen LogP contribution >= 0.6 is 11.6 Å². The van der Waals surface area contributed by atoms with E-state index in [1.807, 2.05) is 27.7 Å². The van der Waals surface area contributed by atoms with Crippen LogP contribution < -0.4 is 10.6 Å². The van der Waals surface area contributed by atoms with Gasteiger partial charge >= 0.3 is 11.9 Å². The highest BCUT2D eigenvalue weighted by molar-refractivity contribution is 6.30. The number of halogens is 1. The highest BCUT2D eigenvalue weighted by Gasteiger charge is 2.71. The molecule has 7 rings (SSSR count). The molecule has 0 spiro atoms. The summed E-state index contributed by atoms with van der Waals surface area (Å²) in [5.74, 6) is -3.31. The van der Waals surface area contributed by atoms with E-state index >= 15 is 0 Å². The number of amides is 2. The maximum atomic E-state index is 14.1. The number of carbonyl (C=O) groups is 5. The molecule has 1 aromatic rings. The Labute approximate surface area is 358 Å². The normalized spacial score (nSPS) is 39.2. The number of aliphatic hydroxyl groups excluding tert-OH is 1. The summed E-state index contributed by atoms with van der Waals surface area (Å²) in [6.07, 6.45) is 5.80. The van der Waals surface area contributed by atoms with E-state index in [0.29, 0.717) is 29.7 Å². The molecule has 11 atom stereocenters. The molecule has 6 aliphatic carbocycles. The number of carboxylic acids is 1.